The average molecular weight is 377 g/mol. The van der Waals surface area contributed by atoms with Crippen LogP contribution >= 0.6 is 0 Å². The number of carbonyl (C=O) groups excluding carboxylic acids is 1. The van der Waals surface area contributed by atoms with Crippen LogP contribution in [0.3, 0.4) is 0 Å². The summed E-state index contributed by atoms with van der Waals surface area (Å²) >= 11 is 0. The Morgan fingerprint density at radius 2 is 1.93 bits per heavy atom. The van der Waals surface area contributed by atoms with Crippen LogP contribution < -0.4 is 10.2 Å². The van der Waals surface area contributed by atoms with E-state index in [1.54, 1.807) is 0 Å². The molecule has 28 heavy (non-hydrogen) atoms. The highest BCUT2D eigenvalue weighted by Crippen LogP contribution is 2.21. The van der Waals surface area contributed by atoms with E-state index < -0.39 is 0 Å². The van der Waals surface area contributed by atoms with Gasteiger partial charge in [0.15, 0.2) is 0 Å². The summed E-state index contributed by atoms with van der Waals surface area (Å²) in [5, 5.41) is 3.08. The largest absolute Gasteiger partial charge is 0.356 e. The van der Waals surface area contributed by atoms with E-state index in [2.05, 4.69) is 33.2 Å². The number of imidazole rings is 1. The number of anilines is 1. The maximum absolute atomic E-state index is 12.7. The first-order chi connectivity index (χ1) is 13.8. The number of carbonyl (C=O) groups is 1. The molecule has 0 spiro atoms. The topological polar surface area (TPSA) is 63.1 Å². The first-order valence-electron chi connectivity index (χ1n) is 10.2. The summed E-state index contributed by atoms with van der Waals surface area (Å²) < 4.78 is 2.01. The molecule has 6 heteroatoms. The zero-order valence-electron chi connectivity index (χ0n) is 16.4. The lowest BCUT2D eigenvalue weighted by Gasteiger charge is -2.29. The fraction of sp³-hybridized carbons (Fsp3) is 0.409. The van der Waals surface area contributed by atoms with Gasteiger partial charge in [-0.2, -0.15) is 0 Å². The maximum Gasteiger partial charge on any atom is 0.240 e. The fourth-order valence-electron chi connectivity index (χ4n) is 3.92. The van der Waals surface area contributed by atoms with E-state index in [1.807, 2.05) is 41.1 Å². The number of rotatable bonds is 6. The molecule has 1 aromatic carbocycles. The number of amides is 1. The Morgan fingerprint density at radius 3 is 2.75 bits per heavy atom. The lowest BCUT2D eigenvalue weighted by Crippen LogP contribution is -2.33. The number of nitrogens with one attached hydrogen (secondary N) is 1. The van der Waals surface area contributed by atoms with E-state index in [-0.39, 0.29) is 12.5 Å². The van der Waals surface area contributed by atoms with Gasteiger partial charge in [0.25, 0.3) is 0 Å². The van der Waals surface area contributed by atoms with Gasteiger partial charge in [0.1, 0.15) is 18.2 Å². The zero-order chi connectivity index (χ0) is 19.3. The molecule has 4 rings (SSSR count). The summed E-state index contributed by atoms with van der Waals surface area (Å²) in [6.45, 7) is 4.92. The molecule has 0 atom stereocenters. The molecule has 0 aliphatic carbocycles. The second kappa shape index (κ2) is 8.42. The van der Waals surface area contributed by atoms with Crippen LogP contribution in [0.5, 0.6) is 0 Å². The van der Waals surface area contributed by atoms with Crippen molar-refractivity contribution in [3.05, 3.63) is 54.0 Å². The van der Waals surface area contributed by atoms with Gasteiger partial charge in [0.2, 0.25) is 5.91 Å². The van der Waals surface area contributed by atoms with Crippen molar-refractivity contribution in [1.82, 2.24) is 19.9 Å². The van der Waals surface area contributed by atoms with E-state index in [1.165, 1.54) is 19.3 Å². The normalized spacial score (nSPS) is 14.4. The molecule has 1 N–H and O–H groups in total. The van der Waals surface area contributed by atoms with Crippen molar-refractivity contribution in [2.75, 3.05) is 18.0 Å². The van der Waals surface area contributed by atoms with E-state index in [9.17, 15) is 4.79 Å². The quantitative estimate of drug-likeness (QED) is 0.716. The highest BCUT2D eigenvalue weighted by atomic mass is 16.1. The van der Waals surface area contributed by atoms with Gasteiger partial charge in [-0.1, -0.05) is 25.1 Å². The first kappa shape index (κ1) is 18.5. The van der Waals surface area contributed by atoms with Crippen molar-refractivity contribution < 1.29 is 4.79 Å². The van der Waals surface area contributed by atoms with Gasteiger partial charge in [-0.25, -0.2) is 9.97 Å². The monoisotopic (exact) mass is 377 g/mol. The molecular formula is C22H27N5O. The molecule has 0 unspecified atom stereocenters. The van der Waals surface area contributed by atoms with E-state index in [0.717, 1.165) is 47.7 Å². The van der Waals surface area contributed by atoms with Gasteiger partial charge in [0, 0.05) is 37.8 Å². The number of pyridine rings is 1. The number of piperidine rings is 1. The first-order valence-corrected chi connectivity index (χ1v) is 10.2. The molecule has 0 radical (unpaired) electrons. The SMILES string of the molecule is CCc1nc2ccccc2n1CC(=O)NCc1cccnc1N1CCCCC1. The highest BCUT2D eigenvalue weighted by molar-refractivity contribution is 5.81. The number of aromatic nitrogens is 3. The third-order valence-corrected chi connectivity index (χ3v) is 5.35. The molecule has 3 heterocycles. The Labute approximate surface area is 165 Å². The Balaban J connectivity index is 1.46. The lowest BCUT2D eigenvalue weighted by molar-refractivity contribution is -0.121. The van der Waals surface area contributed by atoms with Crippen molar-refractivity contribution in [1.29, 1.82) is 0 Å². The zero-order valence-corrected chi connectivity index (χ0v) is 16.4. The fourth-order valence-corrected chi connectivity index (χ4v) is 3.92. The molecule has 6 nitrogen and oxygen atoms in total. The van der Waals surface area contributed by atoms with E-state index in [4.69, 9.17) is 0 Å². The standard InChI is InChI=1S/C22H27N5O/c1-2-20-25-18-10-4-5-11-19(18)27(20)16-21(28)24-15-17-9-8-12-23-22(17)26-13-6-3-7-14-26/h4-5,8-12H,2-3,6-7,13-16H2,1H3,(H,24,28). The Hall–Kier alpha value is -2.89. The van der Waals surface area contributed by atoms with Crippen molar-refractivity contribution in [3.8, 4) is 0 Å². The second-order valence-electron chi connectivity index (χ2n) is 7.27. The lowest BCUT2D eigenvalue weighted by atomic mass is 10.1. The van der Waals surface area contributed by atoms with Crippen molar-refractivity contribution in [2.45, 2.75) is 45.7 Å². The molecule has 3 aromatic rings. The van der Waals surface area contributed by atoms with Crippen molar-refractivity contribution >= 4 is 22.8 Å². The third kappa shape index (κ3) is 3.86. The smallest absolute Gasteiger partial charge is 0.240 e. The number of para-hydroxylation sites is 2. The van der Waals surface area contributed by atoms with Crippen LogP contribution in [0.15, 0.2) is 42.6 Å². The molecule has 0 saturated carbocycles. The number of aryl methyl sites for hydroxylation is 1. The van der Waals surface area contributed by atoms with E-state index >= 15 is 0 Å². The van der Waals surface area contributed by atoms with Crippen LogP contribution in [0.1, 0.15) is 37.6 Å². The summed E-state index contributed by atoms with van der Waals surface area (Å²) in [4.78, 5) is 24.3. The summed E-state index contributed by atoms with van der Waals surface area (Å²) in [7, 11) is 0. The van der Waals surface area contributed by atoms with Gasteiger partial charge in [-0.3, -0.25) is 4.79 Å². The molecule has 2 aromatic heterocycles. The van der Waals surface area contributed by atoms with Crippen LogP contribution in [-0.4, -0.2) is 33.5 Å². The van der Waals surface area contributed by atoms with Crippen molar-refractivity contribution in [2.24, 2.45) is 0 Å². The van der Waals surface area contributed by atoms with Crippen LogP contribution in [0.4, 0.5) is 5.82 Å². The molecule has 1 aliphatic heterocycles. The van der Waals surface area contributed by atoms with E-state index in [0.29, 0.717) is 6.54 Å². The number of hydrogen-bond acceptors (Lipinski definition) is 4. The Kier molecular flexibility index (Phi) is 5.55. The van der Waals surface area contributed by atoms with Gasteiger partial charge in [0.05, 0.1) is 11.0 Å². The number of benzene rings is 1. The average Bonchev–Trinajstić information content (AvgIpc) is 3.10. The second-order valence-corrected chi connectivity index (χ2v) is 7.27. The summed E-state index contributed by atoms with van der Waals surface area (Å²) in [5.74, 6) is 1.93. The Bertz CT molecular complexity index is 958. The number of nitrogens with zero attached hydrogens (tertiary/aromatic N) is 4. The van der Waals surface area contributed by atoms with Crippen LogP contribution in [0, 0.1) is 0 Å². The minimum Gasteiger partial charge on any atom is -0.356 e. The molecule has 1 fully saturated rings. The van der Waals surface area contributed by atoms with Gasteiger partial charge >= 0.3 is 0 Å². The Morgan fingerprint density at radius 1 is 1.11 bits per heavy atom. The number of hydrogen-bond donors (Lipinski definition) is 1. The minimum absolute atomic E-state index is 0.00806. The predicted molar refractivity (Wildman–Crippen MR) is 111 cm³/mol. The minimum atomic E-state index is -0.00806. The molecule has 146 valence electrons. The van der Waals surface area contributed by atoms with Crippen LogP contribution in [0.2, 0.25) is 0 Å². The summed E-state index contributed by atoms with van der Waals surface area (Å²) in [6.07, 6.45) is 6.32. The molecule has 1 amide bonds. The molecular weight excluding hydrogens is 350 g/mol. The molecule has 0 bridgehead atoms. The van der Waals surface area contributed by atoms with Gasteiger partial charge in [-0.15, -0.1) is 0 Å². The van der Waals surface area contributed by atoms with Crippen LogP contribution in [0.25, 0.3) is 11.0 Å². The molecule has 1 aliphatic rings. The van der Waals surface area contributed by atoms with Gasteiger partial charge in [-0.05, 0) is 37.5 Å². The van der Waals surface area contributed by atoms with Gasteiger partial charge < -0.3 is 14.8 Å². The molecule has 1 saturated heterocycles. The summed E-state index contributed by atoms with van der Waals surface area (Å²) in [5.41, 5.74) is 3.01. The highest BCUT2D eigenvalue weighted by Gasteiger charge is 2.17. The maximum atomic E-state index is 12.7. The predicted octanol–water partition coefficient (Wildman–Crippen LogP) is 3.30. The van der Waals surface area contributed by atoms with Crippen molar-refractivity contribution in [3.63, 3.8) is 0 Å². The van der Waals surface area contributed by atoms with Crippen LogP contribution in [-0.2, 0) is 24.3 Å². The summed E-state index contributed by atoms with van der Waals surface area (Å²) in [6, 6.07) is 12.0. The third-order valence-electron chi connectivity index (χ3n) is 5.35. The number of fused-ring (bicyclic) bond motifs is 1.